The third-order valence-corrected chi connectivity index (χ3v) is 4.17. The lowest BCUT2D eigenvalue weighted by Crippen LogP contribution is -2.28. The van der Waals surface area contributed by atoms with E-state index < -0.39 is 0 Å². The summed E-state index contributed by atoms with van der Waals surface area (Å²) in [6.07, 6.45) is 0. The van der Waals surface area contributed by atoms with Crippen LogP contribution in [0.15, 0.2) is 65.6 Å². The van der Waals surface area contributed by atoms with Gasteiger partial charge in [-0.3, -0.25) is 4.79 Å². The molecule has 0 aliphatic heterocycles. The normalized spacial score (nSPS) is 11.8. The van der Waals surface area contributed by atoms with E-state index in [9.17, 15) is 4.79 Å². The molecule has 0 aliphatic carbocycles. The zero-order chi connectivity index (χ0) is 14.2. The van der Waals surface area contributed by atoms with E-state index in [1.54, 1.807) is 0 Å². The van der Waals surface area contributed by atoms with Crippen molar-refractivity contribution in [2.24, 2.45) is 0 Å². The fraction of sp³-hybridized carbons (Fsp3) is 0.188. The average molecular weight is 306 g/mol. The highest BCUT2D eigenvalue weighted by Crippen LogP contribution is 2.19. The van der Waals surface area contributed by atoms with Gasteiger partial charge in [0.2, 0.25) is 5.91 Å². The van der Waals surface area contributed by atoms with Crippen molar-refractivity contribution in [2.45, 2.75) is 10.3 Å². The molecule has 0 bridgehead atoms. The number of carbonyl (C=O) groups is 1. The summed E-state index contributed by atoms with van der Waals surface area (Å²) in [4.78, 5) is 12.9. The Bertz CT molecular complexity index is 533. The van der Waals surface area contributed by atoms with Crippen molar-refractivity contribution >= 4 is 29.3 Å². The summed E-state index contributed by atoms with van der Waals surface area (Å²) in [6.45, 7) is 0.444. The molecule has 1 unspecified atom stereocenters. The molecule has 0 spiro atoms. The van der Waals surface area contributed by atoms with E-state index in [-0.39, 0.29) is 11.3 Å². The Balaban J connectivity index is 1.73. The first-order valence-electron chi connectivity index (χ1n) is 6.39. The Kier molecular flexibility index (Phi) is 5.96. The Hall–Kier alpha value is -1.45. The number of halogens is 1. The van der Waals surface area contributed by atoms with Gasteiger partial charge in [-0.1, -0.05) is 48.5 Å². The van der Waals surface area contributed by atoms with Crippen LogP contribution < -0.4 is 5.32 Å². The summed E-state index contributed by atoms with van der Waals surface area (Å²) in [5.74, 6) is 0.406. The molecule has 2 aromatic carbocycles. The summed E-state index contributed by atoms with van der Waals surface area (Å²) < 4.78 is 0. The van der Waals surface area contributed by atoms with Crippen molar-refractivity contribution < 1.29 is 4.79 Å². The fourth-order valence-corrected chi connectivity index (χ4v) is 2.67. The number of thioether (sulfide) groups is 1. The Morgan fingerprint density at radius 1 is 1.05 bits per heavy atom. The molecule has 0 saturated heterocycles. The van der Waals surface area contributed by atoms with Gasteiger partial charge in [-0.05, 0) is 17.7 Å². The SMILES string of the molecule is O=C(CSc1ccccc1)NCC(Cl)c1ccccc1. The van der Waals surface area contributed by atoms with Crippen LogP contribution in [0.25, 0.3) is 0 Å². The van der Waals surface area contributed by atoms with E-state index in [1.807, 2.05) is 60.7 Å². The second-order valence-electron chi connectivity index (χ2n) is 4.28. The maximum Gasteiger partial charge on any atom is 0.230 e. The highest BCUT2D eigenvalue weighted by molar-refractivity contribution is 8.00. The summed E-state index contributed by atoms with van der Waals surface area (Å²) in [5.41, 5.74) is 1.02. The van der Waals surface area contributed by atoms with Crippen molar-refractivity contribution in [3.8, 4) is 0 Å². The van der Waals surface area contributed by atoms with Crippen LogP contribution in [-0.2, 0) is 4.79 Å². The second-order valence-corrected chi connectivity index (χ2v) is 5.86. The third-order valence-electron chi connectivity index (χ3n) is 2.75. The fourth-order valence-electron chi connectivity index (χ4n) is 1.70. The lowest BCUT2D eigenvalue weighted by atomic mass is 10.1. The third kappa shape index (κ3) is 4.91. The smallest absolute Gasteiger partial charge is 0.230 e. The van der Waals surface area contributed by atoms with Gasteiger partial charge in [-0.25, -0.2) is 0 Å². The Morgan fingerprint density at radius 3 is 2.30 bits per heavy atom. The molecule has 0 radical (unpaired) electrons. The van der Waals surface area contributed by atoms with E-state index in [1.165, 1.54) is 11.8 Å². The predicted octanol–water partition coefficient (Wildman–Crippen LogP) is 3.88. The molecule has 2 aromatic rings. The van der Waals surface area contributed by atoms with Gasteiger partial charge in [0.05, 0.1) is 11.1 Å². The lowest BCUT2D eigenvalue weighted by molar-refractivity contribution is -0.118. The van der Waals surface area contributed by atoms with Crippen molar-refractivity contribution in [3.05, 3.63) is 66.2 Å². The van der Waals surface area contributed by atoms with Gasteiger partial charge in [0, 0.05) is 11.4 Å². The molecule has 20 heavy (non-hydrogen) atoms. The second kappa shape index (κ2) is 7.98. The molecule has 0 aromatic heterocycles. The summed E-state index contributed by atoms with van der Waals surface area (Å²) in [5, 5.41) is 2.67. The standard InChI is InChI=1S/C16H16ClNOS/c17-15(13-7-3-1-4-8-13)11-18-16(19)12-20-14-9-5-2-6-10-14/h1-10,15H,11-12H2,(H,18,19). The molecule has 2 rings (SSSR count). The van der Waals surface area contributed by atoms with Crippen molar-refractivity contribution in [3.63, 3.8) is 0 Å². The van der Waals surface area contributed by atoms with Crippen LogP contribution in [0.1, 0.15) is 10.9 Å². The number of hydrogen-bond donors (Lipinski definition) is 1. The quantitative estimate of drug-likeness (QED) is 0.648. The van der Waals surface area contributed by atoms with Crippen LogP contribution in [0, 0.1) is 0 Å². The Morgan fingerprint density at radius 2 is 1.65 bits per heavy atom. The Labute approximate surface area is 128 Å². The first kappa shape index (κ1) is 14.9. The number of amides is 1. The zero-order valence-corrected chi connectivity index (χ0v) is 12.5. The van der Waals surface area contributed by atoms with Gasteiger partial charge >= 0.3 is 0 Å². The molecule has 2 nitrogen and oxygen atoms in total. The van der Waals surface area contributed by atoms with Crippen molar-refractivity contribution in [1.82, 2.24) is 5.32 Å². The molecule has 1 amide bonds. The van der Waals surface area contributed by atoms with Gasteiger partial charge in [0.1, 0.15) is 0 Å². The highest BCUT2D eigenvalue weighted by atomic mass is 35.5. The average Bonchev–Trinajstić information content (AvgIpc) is 2.52. The van der Waals surface area contributed by atoms with Crippen molar-refractivity contribution in [1.29, 1.82) is 0 Å². The van der Waals surface area contributed by atoms with Gasteiger partial charge in [0.25, 0.3) is 0 Å². The number of alkyl halides is 1. The molecule has 0 fully saturated rings. The van der Waals surface area contributed by atoms with E-state index in [2.05, 4.69) is 5.32 Å². The monoisotopic (exact) mass is 305 g/mol. The molecule has 1 N–H and O–H groups in total. The molecular weight excluding hydrogens is 290 g/mol. The number of nitrogens with one attached hydrogen (secondary N) is 1. The number of hydrogen-bond acceptors (Lipinski definition) is 2. The molecule has 104 valence electrons. The minimum absolute atomic E-state index is 0.000402. The minimum atomic E-state index is -0.193. The van der Waals surface area contributed by atoms with Gasteiger partial charge in [-0.2, -0.15) is 0 Å². The topological polar surface area (TPSA) is 29.1 Å². The minimum Gasteiger partial charge on any atom is -0.354 e. The predicted molar refractivity (Wildman–Crippen MR) is 85.2 cm³/mol. The highest BCUT2D eigenvalue weighted by Gasteiger charge is 2.09. The first-order chi connectivity index (χ1) is 9.75. The molecule has 0 aliphatic rings. The van der Waals surface area contributed by atoms with Crippen LogP contribution in [0.5, 0.6) is 0 Å². The van der Waals surface area contributed by atoms with Gasteiger partial charge in [-0.15, -0.1) is 23.4 Å². The number of rotatable bonds is 6. The van der Waals surface area contributed by atoms with Crippen LogP contribution in [0.2, 0.25) is 0 Å². The molecule has 1 atom stereocenters. The lowest BCUT2D eigenvalue weighted by Gasteiger charge is -2.11. The van der Waals surface area contributed by atoms with Crippen LogP contribution in [-0.4, -0.2) is 18.2 Å². The van der Waals surface area contributed by atoms with Gasteiger partial charge in [0.15, 0.2) is 0 Å². The first-order valence-corrected chi connectivity index (χ1v) is 7.81. The zero-order valence-electron chi connectivity index (χ0n) is 11.0. The molecule has 0 heterocycles. The molecule has 0 saturated carbocycles. The van der Waals surface area contributed by atoms with E-state index >= 15 is 0 Å². The number of carbonyl (C=O) groups excluding carboxylic acids is 1. The summed E-state index contributed by atoms with van der Waals surface area (Å²) in [6, 6.07) is 19.6. The summed E-state index contributed by atoms with van der Waals surface area (Å²) in [7, 11) is 0. The molecular formula is C16H16ClNOS. The maximum absolute atomic E-state index is 11.8. The van der Waals surface area contributed by atoms with E-state index in [0.29, 0.717) is 12.3 Å². The van der Waals surface area contributed by atoms with Crippen molar-refractivity contribution in [2.75, 3.05) is 12.3 Å². The van der Waals surface area contributed by atoms with Gasteiger partial charge < -0.3 is 5.32 Å². The summed E-state index contributed by atoms with van der Waals surface area (Å²) >= 11 is 7.77. The molecule has 4 heteroatoms. The largest absolute Gasteiger partial charge is 0.354 e. The number of benzene rings is 2. The van der Waals surface area contributed by atoms with Crippen LogP contribution in [0.4, 0.5) is 0 Å². The van der Waals surface area contributed by atoms with E-state index in [0.717, 1.165) is 10.5 Å². The van der Waals surface area contributed by atoms with Crippen LogP contribution in [0.3, 0.4) is 0 Å². The van der Waals surface area contributed by atoms with Crippen LogP contribution >= 0.6 is 23.4 Å². The maximum atomic E-state index is 11.8. The van der Waals surface area contributed by atoms with E-state index in [4.69, 9.17) is 11.6 Å².